The molecule has 0 aliphatic carbocycles. The Kier molecular flexibility index (Phi) is 7.34. The number of amides is 1. The highest BCUT2D eigenvalue weighted by atomic mass is 79.9. The molecule has 0 aliphatic heterocycles. The molecule has 0 fully saturated rings. The van der Waals surface area contributed by atoms with Crippen LogP contribution < -0.4 is 16.8 Å². The maximum absolute atomic E-state index is 9.78. The Hall–Kier alpha value is -3.13. The van der Waals surface area contributed by atoms with Crippen molar-refractivity contribution in [2.75, 3.05) is 0 Å². The van der Waals surface area contributed by atoms with Gasteiger partial charge >= 0.3 is 0 Å². The molecule has 2 heterocycles. The summed E-state index contributed by atoms with van der Waals surface area (Å²) in [5.41, 5.74) is 16.2. The molecule has 0 bridgehead atoms. The standard InChI is InChI=1S/C14H12BrN3.C6H11N3O/c1-9-10(2)18-14(16-9)8-7-13(17-18)11-5-3-4-6-12(11)15;1-5(7)2-3-6(8)9-4-10/h3-8H,1-2H3;2-4H,7-8H2,1H3,(H,9,10)/b;5-2-,6-3+. The zero-order valence-electron chi connectivity index (χ0n) is 16.0. The van der Waals surface area contributed by atoms with Crippen LogP contribution in [-0.4, -0.2) is 21.0 Å². The van der Waals surface area contributed by atoms with Gasteiger partial charge < -0.3 is 16.8 Å². The smallest absolute Gasteiger partial charge is 0.212 e. The molecule has 3 rings (SSSR count). The maximum Gasteiger partial charge on any atom is 0.212 e. The molecule has 0 aliphatic rings. The number of carbonyl (C=O) groups excluding carboxylic acids is 1. The van der Waals surface area contributed by atoms with E-state index in [9.17, 15) is 4.79 Å². The summed E-state index contributed by atoms with van der Waals surface area (Å²) in [4.78, 5) is 14.2. The predicted molar refractivity (Wildman–Crippen MR) is 115 cm³/mol. The van der Waals surface area contributed by atoms with Gasteiger partial charge in [0, 0.05) is 15.7 Å². The van der Waals surface area contributed by atoms with Crippen molar-refractivity contribution in [2.24, 2.45) is 11.5 Å². The van der Waals surface area contributed by atoms with Crippen molar-refractivity contribution < 1.29 is 4.79 Å². The van der Waals surface area contributed by atoms with Crippen LogP contribution in [0.4, 0.5) is 0 Å². The summed E-state index contributed by atoms with van der Waals surface area (Å²) < 4.78 is 2.94. The van der Waals surface area contributed by atoms with E-state index in [0.717, 1.165) is 32.8 Å². The number of nitrogens with two attached hydrogens (primary N) is 2. The number of nitrogens with zero attached hydrogens (tertiary/aromatic N) is 3. The lowest BCUT2D eigenvalue weighted by molar-refractivity contribution is -0.108. The highest BCUT2D eigenvalue weighted by Crippen LogP contribution is 2.26. The summed E-state index contributed by atoms with van der Waals surface area (Å²) in [7, 11) is 0. The van der Waals surface area contributed by atoms with Gasteiger partial charge in [0.1, 0.15) is 5.82 Å². The third kappa shape index (κ3) is 5.43. The molecule has 146 valence electrons. The predicted octanol–water partition coefficient (Wildman–Crippen LogP) is 3.17. The van der Waals surface area contributed by atoms with E-state index in [4.69, 9.17) is 11.5 Å². The quantitative estimate of drug-likeness (QED) is 0.424. The number of allylic oxidation sites excluding steroid dienone is 3. The average molecular weight is 443 g/mol. The first-order valence-corrected chi connectivity index (χ1v) is 9.30. The number of hydrogen-bond donors (Lipinski definition) is 3. The van der Waals surface area contributed by atoms with Crippen LogP contribution in [0.3, 0.4) is 0 Å². The lowest BCUT2D eigenvalue weighted by Crippen LogP contribution is -2.17. The number of nitrogens with one attached hydrogen (secondary N) is 1. The summed E-state index contributed by atoms with van der Waals surface area (Å²) in [6.07, 6.45) is 3.63. The molecule has 7 nitrogen and oxygen atoms in total. The van der Waals surface area contributed by atoms with E-state index in [2.05, 4.69) is 37.4 Å². The van der Waals surface area contributed by atoms with Gasteiger partial charge in [0.2, 0.25) is 6.41 Å². The number of imidazole rings is 1. The Morgan fingerprint density at radius 3 is 2.50 bits per heavy atom. The van der Waals surface area contributed by atoms with Crippen molar-refractivity contribution in [3.63, 3.8) is 0 Å². The van der Waals surface area contributed by atoms with Crippen LogP contribution in [0.2, 0.25) is 0 Å². The third-order valence-electron chi connectivity index (χ3n) is 3.84. The molecule has 0 radical (unpaired) electrons. The van der Waals surface area contributed by atoms with Crippen LogP contribution in [0.1, 0.15) is 18.3 Å². The molecule has 0 spiro atoms. The number of hydrogen-bond acceptors (Lipinski definition) is 5. The summed E-state index contributed by atoms with van der Waals surface area (Å²) in [5.74, 6) is 0.278. The van der Waals surface area contributed by atoms with E-state index >= 15 is 0 Å². The molecule has 0 saturated heterocycles. The number of halogens is 1. The van der Waals surface area contributed by atoms with Gasteiger partial charge in [0.15, 0.2) is 5.65 Å². The van der Waals surface area contributed by atoms with Crippen LogP contribution in [0.5, 0.6) is 0 Å². The first kappa shape index (κ1) is 21.2. The maximum atomic E-state index is 9.78. The zero-order chi connectivity index (χ0) is 20.7. The number of benzene rings is 1. The van der Waals surface area contributed by atoms with Gasteiger partial charge in [-0.05, 0) is 51.1 Å². The molecule has 5 N–H and O–H groups in total. The SMILES string of the molecule is C/C(N)=C/C=C(\N)NC=O.Cc1nc2ccc(-c3ccccc3Br)nn2c1C. The van der Waals surface area contributed by atoms with Crippen molar-refractivity contribution in [3.05, 3.63) is 75.9 Å². The van der Waals surface area contributed by atoms with Crippen molar-refractivity contribution in [1.82, 2.24) is 19.9 Å². The highest BCUT2D eigenvalue weighted by molar-refractivity contribution is 9.10. The molecule has 1 aromatic carbocycles. The Bertz CT molecular complexity index is 1030. The van der Waals surface area contributed by atoms with E-state index < -0.39 is 0 Å². The lowest BCUT2D eigenvalue weighted by atomic mass is 10.1. The number of aromatic nitrogens is 3. The van der Waals surface area contributed by atoms with Gasteiger partial charge in [-0.2, -0.15) is 5.10 Å². The number of aryl methyl sites for hydroxylation is 2. The second-order valence-corrected chi connectivity index (χ2v) is 6.90. The van der Waals surface area contributed by atoms with Gasteiger partial charge in [-0.25, -0.2) is 9.50 Å². The topological polar surface area (TPSA) is 111 Å². The van der Waals surface area contributed by atoms with Gasteiger partial charge in [-0.3, -0.25) is 4.79 Å². The molecule has 1 amide bonds. The van der Waals surface area contributed by atoms with E-state index in [1.165, 1.54) is 6.08 Å². The first-order valence-electron chi connectivity index (χ1n) is 8.51. The number of fused-ring (bicyclic) bond motifs is 1. The van der Waals surface area contributed by atoms with E-state index in [0.29, 0.717) is 12.1 Å². The average Bonchev–Trinajstić information content (AvgIpc) is 2.95. The van der Waals surface area contributed by atoms with Crippen LogP contribution >= 0.6 is 15.9 Å². The Balaban J connectivity index is 0.000000242. The summed E-state index contributed by atoms with van der Waals surface area (Å²) in [6.45, 7) is 5.76. The monoisotopic (exact) mass is 442 g/mol. The third-order valence-corrected chi connectivity index (χ3v) is 4.53. The summed E-state index contributed by atoms with van der Waals surface area (Å²) in [5, 5.41) is 6.91. The minimum Gasteiger partial charge on any atom is -0.402 e. The normalized spacial score (nSPS) is 11.7. The van der Waals surface area contributed by atoms with Crippen LogP contribution in [-0.2, 0) is 4.79 Å². The second-order valence-electron chi connectivity index (χ2n) is 6.05. The van der Waals surface area contributed by atoms with Gasteiger partial charge in [0.05, 0.1) is 17.1 Å². The molecular weight excluding hydrogens is 420 g/mol. The molecule has 0 atom stereocenters. The zero-order valence-corrected chi connectivity index (χ0v) is 17.6. The fourth-order valence-corrected chi connectivity index (χ4v) is 2.79. The van der Waals surface area contributed by atoms with E-state index in [-0.39, 0.29) is 5.82 Å². The van der Waals surface area contributed by atoms with Gasteiger partial charge in [-0.15, -0.1) is 0 Å². The number of carbonyl (C=O) groups is 1. The van der Waals surface area contributed by atoms with Crippen molar-refractivity contribution in [2.45, 2.75) is 20.8 Å². The molecular formula is C20H23BrN6O. The largest absolute Gasteiger partial charge is 0.402 e. The molecule has 0 unspecified atom stereocenters. The second kappa shape index (κ2) is 9.70. The Labute approximate surface area is 172 Å². The fourth-order valence-electron chi connectivity index (χ4n) is 2.30. The first-order chi connectivity index (χ1) is 13.3. The van der Waals surface area contributed by atoms with Crippen molar-refractivity contribution in [3.8, 4) is 11.3 Å². The van der Waals surface area contributed by atoms with Crippen molar-refractivity contribution >= 4 is 28.0 Å². The van der Waals surface area contributed by atoms with E-state index in [1.54, 1.807) is 13.0 Å². The minimum absolute atomic E-state index is 0.278. The molecule has 0 saturated carbocycles. The minimum atomic E-state index is 0.278. The summed E-state index contributed by atoms with van der Waals surface area (Å²) in [6, 6.07) is 12.1. The molecule has 28 heavy (non-hydrogen) atoms. The molecule has 3 aromatic rings. The highest BCUT2D eigenvalue weighted by Gasteiger charge is 2.08. The van der Waals surface area contributed by atoms with Crippen LogP contribution in [0.25, 0.3) is 16.9 Å². The van der Waals surface area contributed by atoms with Crippen LogP contribution in [0.15, 0.2) is 64.5 Å². The van der Waals surface area contributed by atoms with Gasteiger partial charge in [-0.1, -0.05) is 34.1 Å². The summed E-state index contributed by atoms with van der Waals surface area (Å²) >= 11 is 3.56. The number of rotatable bonds is 4. The van der Waals surface area contributed by atoms with E-state index in [1.807, 2.05) is 48.7 Å². The molecule has 8 heteroatoms. The van der Waals surface area contributed by atoms with Crippen LogP contribution in [0, 0.1) is 13.8 Å². The fraction of sp³-hybridized carbons (Fsp3) is 0.150. The molecule has 2 aromatic heterocycles. The lowest BCUT2D eigenvalue weighted by Gasteiger charge is -2.04. The Morgan fingerprint density at radius 2 is 1.86 bits per heavy atom. The van der Waals surface area contributed by atoms with Crippen molar-refractivity contribution in [1.29, 1.82) is 0 Å². The Morgan fingerprint density at radius 1 is 1.14 bits per heavy atom. The van der Waals surface area contributed by atoms with Gasteiger partial charge in [0.25, 0.3) is 0 Å².